The molecule has 0 amide bonds. The van der Waals surface area contributed by atoms with E-state index in [1.165, 1.54) is 212 Å². The van der Waals surface area contributed by atoms with Crippen LogP contribution in [0.3, 0.4) is 0 Å². The van der Waals surface area contributed by atoms with E-state index in [9.17, 15) is 43.2 Å². The van der Waals surface area contributed by atoms with Gasteiger partial charge < -0.3 is 33.8 Å². The number of carbonyl (C=O) groups excluding carboxylic acids is 4. The molecule has 0 aromatic rings. The highest BCUT2D eigenvalue weighted by molar-refractivity contribution is 7.47. The van der Waals surface area contributed by atoms with Gasteiger partial charge in [0.05, 0.1) is 26.4 Å². The standard InChI is InChI=1S/C77H150O17P2/c1-7-10-12-14-16-18-20-22-24-26-27-28-30-32-34-36-41-49-55-61-76(81)93-72(65-87-74(79)59-53-47-40-35-33-31-29-25-23-21-19-17-15-13-11-8-2)67-91-95(83,84)89-63-71(78)64-90-96(85,86)92-68-73(66-88-75(80)60-54-48-44-43-45-51-57-69(4)5)94-77(82)62-56-50-42-38-37-39-46-52-58-70(6)9-3/h69-73,78H,7-68H2,1-6H3,(H,83,84)(H,85,86)/t70?,71-,72-,73-/m1/s1. The Labute approximate surface area is 588 Å². The summed E-state index contributed by atoms with van der Waals surface area (Å²) in [5.41, 5.74) is 0. The van der Waals surface area contributed by atoms with Crippen LogP contribution in [0.25, 0.3) is 0 Å². The quantitative estimate of drug-likeness (QED) is 0.0222. The molecule has 17 nitrogen and oxygen atoms in total. The second-order valence-corrected chi connectivity index (χ2v) is 31.4. The van der Waals surface area contributed by atoms with Crippen molar-refractivity contribution in [3.63, 3.8) is 0 Å². The zero-order chi connectivity index (χ0) is 70.7. The molecule has 0 aromatic carbocycles. The lowest BCUT2D eigenvalue weighted by Crippen LogP contribution is -2.30. The minimum absolute atomic E-state index is 0.104. The van der Waals surface area contributed by atoms with E-state index >= 15 is 0 Å². The largest absolute Gasteiger partial charge is 0.472 e. The summed E-state index contributed by atoms with van der Waals surface area (Å²) in [5, 5.41) is 10.6. The van der Waals surface area contributed by atoms with Crippen LogP contribution in [0.15, 0.2) is 0 Å². The lowest BCUT2D eigenvalue weighted by molar-refractivity contribution is -0.161. The monoisotopic (exact) mass is 1410 g/mol. The van der Waals surface area contributed by atoms with Crippen molar-refractivity contribution in [1.82, 2.24) is 0 Å². The number of aliphatic hydroxyl groups is 1. The lowest BCUT2D eigenvalue weighted by Gasteiger charge is -2.21. The maximum absolute atomic E-state index is 13.1. The maximum Gasteiger partial charge on any atom is 0.472 e. The molecule has 0 bridgehead atoms. The van der Waals surface area contributed by atoms with Gasteiger partial charge in [-0.1, -0.05) is 350 Å². The van der Waals surface area contributed by atoms with Crippen molar-refractivity contribution < 1.29 is 80.2 Å². The van der Waals surface area contributed by atoms with Gasteiger partial charge in [-0.05, 0) is 37.5 Å². The molecule has 0 saturated heterocycles. The highest BCUT2D eigenvalue weighted by atomic mass is 31.2. The normalized spacial score (nSPS) is 14.3. The van der Waals surface area contributed by atoms with Gasteiger partial charge in [0.15, 0.2) is 12.2 Å². The van der Waals surface area contributed by atoms with Crippen molar-refractivity contribution >= 4 is 39.5 Å². The van der Waals surface area contributed by atoms with Gasteiger partial charge in [-0.2, -0.15) is 0 Å². The Morgan fingerprint density at radius 1 is 0.302 bits per heavy atom. The van der Waals surface area contributed by atoms with Crippen LogP contribution in [0.2, 0.25) is 0 Å². The molecule has 3 N–H and O–H groups in total. The van der Waals surface area contributed by atoms with Crippen molar-refractivity contribution in [3.05, 3.63) is 0 Å². The Morgan fingerprint density at radius 2 is 0.531 bits per heavy atom. The Morgan fingerprint density at radius 3 is 0.792 bits per heavy atom. The summed E-state index contributed by atoms with van der Waals surface area (Å²) >= 11 is 0. The highest BCUT2D eigenvalue weighted by Gasteiger charge is 2.30. The van der Waals surface area contributed by atoms with Gasteiger partial charge in [-0.25, -0.2) is 9.13 Å². The van der Waals surface area contributed by atoms with Gasteiger partial charge in [0.2, 0.25) is 0 Å². The first-order valence-corrected chi connectivity index (χ1v) is 43.0. The van der Waals surface area contributed by atoms with Crippen LogP contribution in [0.1, 0.15) is 401 Å². The van der Waals surface area contributed by atoms with Crippen molar-refractivity contribution in [1.29, 1.82) is 0 Å². The number of hydrogen-bond acceptors (Lipinski definition) is 15. The van der Waals surface area contributed by atoms with Crippen molar-refractivity contribution in [2.75, 3.05) is 39.6 Å². The van der Waals surface area contributed by atoms with Gasteiger partial charge in [0.1, 0.15) is 19.3 Å². The molecule has 0 aliphatic heterocycles. The Kier molecular flexibility index (Phi) is 67.4. The van der Waals surface area contributed by atoms with Crippen LogP contribution < -0.4 is 0 Å². The van der Waals surface area contributed by atoms with Crippen LogP contribution in [-0.4, -0.2) is 96.7 Å². The number of carbonyl (C=O) groups is 4. The van der Waals surface area contributed by atoms with E-state index < -0.39 is 97.5 Å². The number of phosphoric ester groups is 2. The first-order chi connectivity index (χ1) is 46.4. The van der Waals surface area contributed by atoms with Crippen LogP contribution in [0.5, 0.6) is 0 Å². The smallest absolute Gasteiger partial charge is 0.462 e. The predicted octanol–water partition coefficient (Wildman–Crippen LogP) is 22.7. The molecule has 3 unspecified atom stereocenters. The van der Waals surface area contributed by atoms with Crippen molar-refractivity contribution in [2.24, 2.45) is 11.8 Å². The zero-order valence-corrected chi connectivity index (χ0v) is 64.5. The molecular weight excluding hydrogens is 1260 g/mol. The van der Waals surface area contributed by atoms with E-state index in [4.69, 9.17) is 37.0 Å². The molecule has 0 heterocycles. The zero-order valence-electron chi connectivity index (χ0n) is 62.7. The van der Waals surface area contributed by atoms with E-state index in [2.05, 4.69) is 41.5 Å². The minimum Gasteiger partial charge on any atom is -0.462 e. The number of rotatable bonds is 76. The summed E-state index contributed by atoms with van der Waals surface area (Å²) < 4.78 is 68.5. The molecule has 0 saturated carbocycles. The van der Waals surface area contributed by atoms with E-state index in [0.717, 1.165) is 102 Å². The molecule has 96 heavy (non-hydrogen) atoms. The molecule has 570 valence electrons. The fourth-order valence-corrected chi connectivity index (χ4v) is 13.4. The van der Waals surface area contributed by atoms with E-state index in [-0.39, 0.29) is 25.7 Å². The SMILES string of the molecule is CCCCCCCCCCCCCCCCCCCCCC(=O)O[C@H](COC(=O)CCCCCCCCCCCCCCCCCC)COP(=O)(O)OC[C@@H](O)COP(=O)(O)OC[C@@H](COC(=O)CCCCCCCCC(C)C)OC(=O)CCCCCCCCCCC(C)CC. The third kappa shape index (κ3) is 69.2. The first-order valence-electron chi connectivity index (χ1n) is 40.0. The minimum atomic E-state index is -4.96. The molecule has 0 fully saturated rings. The third-order valence-corrected chi connectivity index (χ3v) is 20.2. The van der Waals surface area contributed by atoms with E-state index in [0.29, 0.717) is 31.6 Å². The predicted molar refractivity (Wildman–Crippen MR) is 391 cm³/mol. The molecule has 0 rings (SSSR count). The van der Waals surface area contributed by atoms with Crippen LogP contribution in [0, 0.1) is 11.8 Å². The Bertz CT molecular complexity index is 1860. The average Bonchev–Trinajstić information content (AvgIpc) is 1.68. The molecule has 0 aliphatic rings. The second-order valence-electron chi connectivity index (χ2n) is 28.5. The third-order valence-electron chi connectivity index (χ3n) is 18.3. The van der Waals surface area contributed by atoms with Crippen molar-refractivity contribution in [2.45, 2.75) is 419 Å². The molecular formula is C77H150O17P2. The first kappa shape index (κ1) is 94.1. The number of aliphatic hydroxyl groups excluding tert-OH is 1. The highest BCUT2D eigenvalue weighted by Crippen LogP contribution is 2.45. The van der Waals surface area contributed by atoms with Gasteiger partial charge in [-0.15, -0.1) is 0 Å². The average molecular weight is 1410 g/mol. The number of ether oxygens (including phenoxy) is 4. The number of unbranched alkanes of at least 4 members (excludes halogenated alkanes) is 45. The number of hydrogen-bond donors (Lipinski definition) is 3. The number of phosphoric acid groups is 2. The Hall–Kier alpha value is -1.94. The van der Waals surface area contributed by atoms with Gasteiger partial charge in [-0.3, -0.25) is 37.3 Å². The van der Waals surface area contributed by atoms with Gasteiger partial charge in [0.25, 0.3) is 0 Å². The topological polar surface area (TPSA) is 237 Å². The van der Waals surface area contributed by atoms with E-state index in [1.807, 2.05) is 0 Å². The van der Waals surface area contributed by atoms with Crippen LogP contribution in [-0.2, 0) is 65.4 Å². The summed E-state index contributed by atoms with van der Waals surface area (Å²) in [7, 11) is -9.91. The molecule has 6 atom stereocenters. The lowest BCUT2D eigenvalue weighted by atomic mass is 9.99. The fraction of sp³-hybridized carbons (Fsp3) is 0.948. The van der Waals surface area contributed by atoms with E-state index in [1.54, 1.807) is 0 Å². The summed E-state index contributed by atoms with van der Waals surface area (Å²) in [4.78, 5) is 72.8. The molecule has 0 radical (unpaired) electrons. The molecule has 0 aromatic heterocycles. The van der Waals surface area contributed by atoms with Crippen LogP contribution >= 0.6 is 15.6 Å². The van der Waals surface area contributed by atoms with Gasteiger partial charge >= 0.3 is 39.5 Å². The van der Waals surface area contributed by atoms with Gasteiger partial charge in [0, 0.05) is 25.7 Å². The molecule has 0 aliphatic carbocycles. The second kappa shape index (κ2) is 68.8. The molecule has 0 spiro atoms. The number of esters is 4. The Balaban J connectivity index is 5.22. The molecule has 19 heteroatoms. The summed E-state index contributed by atoms with van der Waals surface area (Å²) in [6.45, 7) is 9.52. The summed E-state index contributed by atoms with van der Waals surface area (Å²) in [6.07, 6.45) is 57.1. The fourth-order valence-electron chi connectivity index (χ4n) is 11.8. The van der Waals surface area contributed by atoms with Crippen molar-refractivity contribution in [3.8, 4) is 0 Å². The summed E-state index contributed by atoms with van der Waals surface area (Å²) in [6, 6.07) is 0. The van der Waals surface area contributed by atoms with Crippen LogP contribution in [0.4, 0.5) is 0 Å². The maximum atomic E-state index is 13.1. The summed E-state index contributed by atoms with van der Waals surface area (Å²) in [5.74, 6) is -0.669.